The van der Waals surface area contributed by atoms with E-state index < -0.39 is 0 Å². The van der Waals surface area contributed by atoms with Crippen LogP contribution >= 0.6 is 0 Å². The lowest BCUT2D eigenvalue weighted by Gasteiger charge is -2.27. The van der Waals surface area contributed by atoms with E-state index in [0.29, 0.717) is 24.1 Å². The van der Waals surface area contributed by atoms with E-state index >= 15 is 0 Å². The third-order valence-corrected chi connectivity index (χ3v) is 5.31. The highest BCUT2D eigenvalue weighted by atomic mass is 16.5. The smallest absolute Gasteiger partial charge is 0.223 e. The van der Waals surface area contributed by atoms with Crippen molar-refractivity contribution in [3.63, 3.8) is 0 Å². The molecule has 1 aromatic rings. The molecule has 0 aromatic heterocycles. The van der Waals surface area contributed by atoms with Gasteiger partial charge in [0.2, 0.25) is 11.8 Å². The highest BCUT2D eigenvalue weighted by molar-refractivity contribution is 5.81. The van der Waals surface area contributed by atoms with Gasteiger partial charge >= 0.3 is 0 Å². The van der Waals surface area contributed by atoms with Crippen molar-refractivity contribution in [2.24, 2.45) is 11.8 Å². The maximum Gasteiger partial charge on any atom is 0.223 e. The molecule has 0 heterocycles. The minimum atomic E-state index is 0.000110. The molecule has 2 saturated carbocycles. The second-order valence-corrected chi connectivity index (χ2v) is 7.24. The number of nitrogens with one attached hydrogen (secondary N) is 2. The van der Waals surface area contributed by atoms with E-state index in [0.717, 1.165) is 44.1 Å². The maximum atomic E-state index is 12.4. The standard InChI is InChI=1S/C20H28N2O4/c1-25-17-10-3-13(11-18(17)26-2)12-21-19(23)14-4-6-15(7-5-14)20(24)22-16-8-9-16/h3,10-11,14-16H,4-9,12H2,1-2H3,(H,21,23)(H,22,24). The highest BCUT2D eigenvalue weighted by Gasteiger charge is 2.32. The summed E-state index contributed by atoms with van der Waals surface area (Å²) < 4.78 is 10.5. The second kappa shape index (κ2) is 8.43. The van der Waals surface area contributed by atoms with Crippen molar-refractivity contribution < 1.29 is 19.1 Å². The molecule has 26 heavy (non-hydrogen) atoms. The summed E-state index contributed by atoms with van der Waals surface area (Å²) in [5, 5.41) is 6.08. The Morgan fingerprint density at radius 1 is 0.923 bits per heavy atom. The third kappa shape index (κ3) is 4.68. The van der Waals surface area contributed by atoms with Crippen molar-refractivity contribution >= 4 is 11.8 Å². The largest absolute Gasteiger partial charge is 0.493 e. The van der Waals surface area contributed by atoms with Gasteiger partial charge in [0, 0.05) is 24.4 Å². The fraction of sp³-hybridized carbons (Fsp3) is 0.600. The Balaban J connectivity index is 1.44. The van der Waals surface area contributed by atoms with E-state index in [-0.39, 0.29) is 23.7 Å². The van der Waals surface area contributed by atoms with Gasteiger partial charge in [-0.1, -0.05) is 6.07 Å². The lowest BCUT2D eigenvalue weighted by atomic mass is 9.81. The number of carbonyl (C=O) groups excluding carboxylic acids is 2. The van der Waals surface area contributed by atoms with Crippen molar-refractivity contribution in [1.29, 1.82) is 0 Å². The van der Waals surface area contributed by atoms with Crippen LogP contribution in [-0.2, 0) is 16.1 Å². The highest BCUT2D eigenvalue weighted by Crippen LogP contribution is 2.31. The number of ether oxygens (including phenoxy) is 2. The fourth-order valence-electron chi connectivity index (χ4n) is 3.49. The third-order valence-electron chi connectivity index (χ3n) is 5.31. The van der Waals surface area contributed by atoms with Crippen LogP contribution in [0.15, 0.2) is 18.2 Å². The number of amides is 2. The summed E-state index contributed by atoms with van der Waals surface area (Å²) in [4.78, 5) is 24.6. The maximum absolute atomic E-state index is 12.4. The van der Waals surface area contributed by atoms with Crippen LogP contribution in [0, 0.1) is 11.8 Å². The van der Waals surface area contributed by atoms with E-state index in [4.69, 9.17) is 9.47 Å². The Labute approximate surface area is 154 Å². The summed E-state index contributed by atoms with van der Waals surface area (Å²) in [5.41, 5.74) is 0.966. The Kier molecular flexibility index (Phi) is 6.01. The summed E-state index contributed by atoms with van der Waals surface area (Å²) in [6.07, 6.45) is 5.38. The van der Waals surface area contributed by atoms with Gasteiger partial charge in [-0.05, 0) is 56.2 Å². The predicted octanol–water partition coefficient (Wildman–Crippen LogP) is 2.40. The van der Waals surface area contributed by atoms with Crippen LogP contribution in [0.25, 0.3) is 0 Å². The van der Waals surface area contributed by atoms with E-state index in [2.05, 4.69) is 10.6 Å². The molecule has 0 radical (unpaired) electrons. The van der Waals surface area contributed by atoms with Crippen LogP contribution in [0.5, 0.6) is 11.5 Å². The first-order valence-corrected chi connectivity index (χ1v) is 9.39. The average molecular weight is 360 g/mol. The van der Waals surface area contributed by atoms with Gasteiger partial charge in [-0.3, -0.25) is 9.59 Å². The quantitative estimate of drug-likeness (QED) is 0.783. The molecule has 2 N–H and O–H groups in total. The van der Waals surface area contributed by atoms with E-state index in [9.17, 15) is 9.59 Å². The summed E-state index contributed by atoms with van der Waals surface area (Å²) in [6, 6.07) is 6.04. The second-order valence-electron chi connectivity index (χ2n) is 7.24. The zero-order valence-corrected chi connectivity index (χ0v) is 15.5. The van der Waals surface area contributed by atoms with E-state index in [1.807, 2.05) is 18.2 Å². The van der Waals surface area contributed by atoms with Crippen LogP contribution in [0.3, 0.4) is 0 Å². The van der Waals surface area contributed by atoms with Crippen LogP contribution in [0.2, 0.25) is 0 Å². The molecule has 6 nitrogen and oxygen atoms in total. The molecule has 0 bridgehead atoms. The molecule has 0 unspecified atom stereocenters. The first-order valence-electron chi connectivity index (χ1n) is 9.39. The summed E-state index contributed by atoms with van der Waals surface area (Å²) in [6.45, 7) is 0.460. The molecule has 142 valence electrons. The molecule has 2 aliphatic carbocycles. The normalized spacial score (nSPS) is 22.4. The van der Waals surface area contributed by atoms with Crippen LogP contribution in [0.4, 0.5) is 0 Å². The minimum Gasteiger partial charge on any atom is -0.493 e. The van der Waals surface area contributed by atoms with Crippen LogP contribution in [-0.4, -0.2) is 32.1 Å². The topological polar surface area (TPSA) is 76.7 Å². The van der Waals surface area contributed by atoms with Crippen molar-refractivity contribution in [2.45, 2.75) is 51.1 Å². The number of rotatable bonds is 7. The monoisotopic (exact) mass is 360 g/mol. The summed E-state index contributed by atoms with van der Waals surface area (Å²) >= 11 is 0. The summed E-state index contributed by atoms with van der Waals surface area (Å²) in [5.74, 6) is 1.65. The molecule has 6 heteroatoms. The van der Waals surface area contributed by atoms with Gasteiger partial charge in [0.05, 0.1) is 14.2 Å². The van der Waals surface area contributed by atoms with Crippen LogP contribution < -0.4 is 20.1 Å². The van der Waals surface area contributed by atoms with Gasteiger partial charge in [0.15, 0.2) is 11.5 Å². The molecule has 3 rings (SSSR count). The SMILES string of the molecule is COc1ccc(CNC(=O)C2CCC(C(=O)NC3CC3)CC2)cc1OC. The number of methoxy groups -OCH3 is 2. The van der Waals surface area contributed by atoms with Crippen molar-refractivity contribution in [1.82, 2.24) is 10.6 Å². The fourth-order valence-corrected chi connectivity index (χ4v) is 3.49. The molecule has 0 aliphatic heterocycles. The van der Waals surface area contributed by atoms with E-state index in [1.54, 1.807) is 14.2 Å². The number of benzene rings is 1. The first-order chi connectivity index (χ1) is 12.6. The molecule has 2 fully saturated rings. The molecule has 1 aromatic carbocycles. The van der Waals surface area contributed by atoms with Crippen molar-refractivity contribution in [3.8, 4) is 11.5 Å². The average Bonchev–Trinajstić information content (AvgIpc) is 3.49. The van der Waals surface area contributed by atoms with Gasteiger partial charge in [0.1, 0.15) is 0 Å². The number of carbonyl (C=O) groups is 2. The molecular weight excluding hydrogens is 332 g/mol. The van der Waals surface area contributed by atoms with Gasteiger partial charge in [-0.2, -0.15) is 0 Å². The molecule has 0 saturated heterocycles. The molecule has 0 spiro atoms. The molecule has 0 atom stereocenters. The zero-order chi connectivity index (χ0) is 18.5. The minimum absolute atomic E-state index is 0.000110. The van der Waals surface area contributed by atoms with Gasteiger partial charge in [0.25, 0.3) is 0 Å². The Hall–Kier alpha value is -2.24. The molecular formula is C20H28N2O4. The van der Waals surface area contributed by atoms with Crippen LogP contribution in [0.1, 0.15) is 44.1 Å². The zero-order valence-electron chi connectivity index (χ0n) is 15.5. The predicted molar refractivity (Wildman–Crippen MR) is 98.0 cm³/mol. The number of hydrogen-bond donors (Lipinski definition) is 2. The first kappa shape index (κ1) is 18.5. The van der Waals surface area contributed by atoms with Crippen molar-refractivity contribution in [2.75, 3.05) is 14.2 Å². The lowest BCUT2D eigenvalue weighted by Crippen LogP contribution is -2.38. The summed E-state index contributed by atoms with van der Waals surface area (Å²) in [7, 11) is 3.19. The Bertz CT molecular complexity index is 649. The van der Waals surface area contributed by atoms with Gasteiger partial charge in [-0.25, -0.2) is 0 Å². The van der Waals surface area contributed by atoms with Gasteiger partial charge < -0.3 is 20.1 Å². The lowest BCUT2D eigenvalue weighted by molar-refractivity contribution is -0.130. The van der Waals surface area contributed by atoms with E-state index in [1.165, 1.54) is 0 Å². The molecule has 2 amide bonds. The number of hydrogen-bond acceptors (Lipinski definition) is 4. The van der Waals surface area contributed by atoms with Gasteiger partial charge in [-0.15, -0.1) is 0 Å². The van der Waals surface area contributed by atoms with Crippen molar-refractivity contribution in [3.05, 3.63) is 23.8 Å². The molecule has 2 aliphatic rings. The Morgan fingerprint density at radius 3 is 2.12 bits per heavy atom. The Morgan fingerprint density at radius 2 is 1.54 bits per heavy atom.